The van der Waals surface area contributed by atoms with Crippen molar-refractivity contribution in [3.8, 4) is 0 Å². The maximum Gasteiger partial charge on any atom is 0.279 e. The predicted molar refractivity (Wildman–Crippen MR) is 113 cm³/mol. The summed E-state index contributed by atoms with van der Waals surface area (Å²) in [6.07, 6.45) is 3.21. The Morgan fingerprint density at radius 1 is 1.24 bits per heavy atom. The highest BCUT2D eigenvalue weighted by molar-refractivity contribution is 7.14. The van der Waals surface area contributed by atoms with Gasteiger partial charge in [0.1, 0.15) is 5.69 Å². The van der Waals surface area contributed by atoms with Crippen LogP contribution in [0.25, 0.3) is 11.0 Å². The summed E-state index contributed by atoms with van der Waals surface area (Å²) >= 11 is 1.52. The Morgan fingerprint density at radius 2 is 2.03 bits per heavy atom. The molecule has 0 saturated carbocycles. The number of hydrogen-bond acceptors (Lipinski definition) is 5. The van der Waals surface area contributed by atoms with Crippen molar-refractivity contribution in [2.24, 2.45) is 11.3 Å². The van der Waals surface area contributed by atoms with Crippen molar-refractivity contribution in [1.29, 1.82) is 0 Å². The zero-order valence-electron chi connectivity index (χ0n) is 16.9. The molecule has 2 heterocycles. The van der Waals surface area contributed by atoms with Gasteiger partial charge in [0.2, 0.25) is 5.91 Å². The van der Waals surface area contributed by atoms with Crippen molar-refractivity contribution >= 4 is 34.1 Å². The first kappa shape index (κ1) is 19.6. The van der Waals surface area contributed by atoms with Gasteiger partial charge in [-0.15, -0.1) is 11.3 Å². The van der Waals surface area contributed by atoms with Crippen LogP contribution in [0.4, 0.5) is 0 Å². The average molecular weight is 412 g/mol. The van der Waals surface area contributed by atoms with Crippen molar-refractivity contribution in [3.63, 3.8) is 0 Å². The summed E-state index contributed by atoms with van der Waals surface area (Å²) in [6, 6.07) is 9.35. The molecule has 0 unspecified atom stereocenters. The molecular weight excluding hydrogens is 386 g/mol. The summed E-state index contributed by atoms with van der Waals surface area (Å²) in [6.45, 7) is 6.82. The number of fused-ring (bicyclic) bond motifs is 2. The molecule has 7 heteroatoms. The van der Waals surface area contributed by atoms with Crippen LogP contribution < -0.4 is 10.9 Å². The summed E-state index contributed by atoms with van der Waals surface area (Å²) in [5, 5.41) is 4.74. The molecule has 6 nitrogen and oxygen atoms in total. The fourth-order valence-electron chi connectivity index (χ4n) is 3.82. The van der Waals surface area contributed by atoms with Gasteiger partial charge in [-0.25, -0.2) is 0 Å². The first-order chi connectivity index (χ1) is 13.8. The van der Waals surface area contributed by atoms with Crippen LogP contribution in [0.2, 0.25) is 0 Å². The average Bonchev–Trinajstić information content (AvgIpc) is 3.29. The van der Waals surface area contributed by atoms with E-state index in [2.05, 4.69) is 36.8 Å². The van der Waals surface area contributed by atoms with Gasteiger partial charge in [-0.1, -0.05) is 38.1 Å². The highest BCUT2D eigenvalue weighted by Gasteiger charge is 2.30. The molecule has 0 saturated heterocycles. The van der Waals surface area contributed by atoms with E-state index in [4.69, 9.17) is 4.52 Å². The largest absolute Gasteiger partial charge is 0.356 e. The number of thiophene rings is 1. The summed E-state index contributed by atoms with van der Waals surface area (Å²) in [5.41, 5.74) is 7.73. The number of nitrogens with zero attached hydrogens (tertiary/aromatic N) is 1. The molecule has 29 heavy (non-hydrogen) atoms. The van der Waals surface area contributed by atoms with E-state index >= 15 is 0 Å². The quantitative estimate of drug-likeness (QED) is 0.637. The topological polar surface area (TPSA) is 84.2 Å². The highest BCUT2D eigenvalue weighted by atomic mass is 32.1. The van der Waals surface area contributed by atoms with Crippen LogP contribution in [0.15, 0.2) is 34.9 Å². The predicted octanol–water partition coefficient (Wildman–Crippen LogP) is 4.04. The minimum Gasteiger partial charge on any atom is -0.356 e. The molecule has 4 rings (SSSR count). The van der Waals surface area contributed by atoms with Gasteiger partial charge in [0.05, 0.1) is 11.3 Å². The molecule has 0 fully saturated rings. The highest BCUT2D eigenvalue weighted by Crippen LogP contribution is 2.40. The number of nitrogens with one attached hydrogen (secondary N) is 2. The van der Waals surface area contributed by atoms with E-state index in [1.165, 1.54) is 21.8 Å². The van der Waals surface area contributed by atoms with E-state index in [1.54, 1.807) is 6.07 Å². The Labute approximate surface area is 173 Å². The van der Waals surface area contributed by atoms with E-state index in [0.717, 1.165) is 24.6 Å². The maximum atomic E-state index is 12.5. The van der Waals surface area contributed by atoms with Crippen LogP contribution in [-0.4, -0.2) is 17.0 Å². The van der Waals surface area contributed by atoms with Crippen molar-refractivity contribution in [2.75, 3.05) is 0 Å². The molecule has 152 valence electrons. The van der Waals surface area contributed by atoms with Crippen LogP contribution in [0.5, 0.6) is 0 Å². The monoisotopic (exact) mass is 411 g/mol. The normalized spacial score (nSPS) is 16.4. The van der Waals surface area contributed by atoms with Crippen molar-refractivity contribution in [2.45, 2.75) is 46.5 Å². The smallest absolute Gasteiger partial charge is 0.279 e. The van der Waals surface area contributed by atoms with Gasteiger partial charge in [0.15, 0.2) is 5.58 Å². The standard InChI is InChI=1S/C22H25N3O3S/c1-22(2,3)14-8-9-18-13(10-14)11-19(29-18)21(27)24-23-20(26)12-16-15-6-4-5-7-17(15)28-25-16/h4-7,11,14H,8-10,12H2,1-3H3,(H,23,26)(H,24,27)/t14-/m0/s1. The lowest BCUT2D eigenvalue weighted by molar-refractivity contribution is -0.121. The Hall–Kier alpha value is -2.67. The van der Waals surface area contributed by atoms with Crippen LogP contribution in [0.1, 0.15) is 53.0 Å². The fraction of sp³-hybridized carbons (Fsp3) is 0.409. The van der Waals surface area contributed by atoms with Crippen molar-refractivity contribution in [3.05, 3.63) is 51.3 Å². The lowest BCUT2D eigenvalue weighted by atomic mass is 9.72. The number of carbonyl (C=O) groups excluding carboxylic acids is 2. The number of benzene rings is 1. The summed E-state index contributed by atoms with van der Waals surface area (Å²) in [5.74, 6) is -0.000847. The zero-order valence-corrected chi connectivity index (χ0v) is 17.7. The summed E-state index contributed by atoms with van der Waals surface area (Å²) < 4.78 is 5.21. The third-order valence-corrected chi connectivity index (χ3v) is 6.86. The fourth-order valence-corrected chi connectivity index (χ4v) is 4.93. The second-order valence-electron chi connectivity index (χ2n) is 8.67. The van der Waals surface area contributed by atoms with E-state index < -0.39 is 0 Å². The number of aromatic nitrogens is 1. The second-order valence-corrected chi connectivity index (χ2v) is 9.81. The molecular formula is C22H25N3O3S. The number of hydrazine groups is 1. The number of carbonyl (C=O) groups is 2. The second kappa shape index (κ2) is 7.63. The molecule has 0 spiro atoms. The number of rotatable bonds is 3. The third kappa shape index (κ3) is 4.19. The van der Waals surface area contributed by atoms with Crippen LogP contribution in [0.3, 0.4) is 0 Å². The summed E-state index contributed by atoms with van der Waals surface area (Å²) in [4.78, 5) is 26.7. The van der Waals surface area contributed by atoms with E-state index in [-0.39, 0.29) is 23.7 Å². The first-order valence-corrected chi connectivity index (χ1v) is 10.7. The molecule has 1 atom stereocenters. The Bertz CT molecular complexity index is 1060. The molecule has 2 N–H and O–H groups in total. The molecule has 2 aromatic heterocycles. The van der Waals surface area contributed by atoms with Crippen LogP contribution in [0, 0.1) is 11.3 Å². The van der Waals surface area contributed by atoms with Crippen molar-refractivity contribution in [1.82, 2.24) is 16.0 Å². The van der Waals surface area contributed by atoms with Crippen molar-refractivity contribution < 1.29 is 14.1 Å². The number of amides is 2. The van der Waals surface area contributed by atoms with Gasteiger partial charge in [-0.05, 0) is 54.4 Å². The van der Waals surface area contributed by atoms with Gasteiger partial charge in [-0.3, -0.25) is 20.4 Å². The molecule has 3 aromatic rings. The minimum absolute atomic E-state index is 0.0332. The SMILES string of the molecule is CC(C)(C)[C@H]1CCc2sc(C(=O)NNC(=O)Cc3noc4ccccc34)cc2C1. The molecule has 1 aliphatic rings. The first-order valence-electron chi connectivity index (χ1n) is 9.85. The number of hydrogen-bond donors (Lipinski definition) is 2. The van der Waals surface area contributed by atoms with Gasteiger partial charge in [0.25, 0.3) is 5.91 Å². The molecule has 0 bridgehead atoms. The van der Waals surface area contributed by atoms with Gasteiger partial charge in [0, 0.05) is 10.3 Å². The Morgan fingerprint density at radius 3 is 2.83 bits per heavy atom. The maximum absolute atomic E-state index is 12.5. The van der Waals surface area contributed by atoms with E-state index in [0.29, 0.717) is 22.1 Å². The lowest BCUT2D eigenvalue weighted by Crippen LogP contribution is -2.42. The van der Waals surface area contributed by atoms with E-state index in [9.17, 15) is 9.59 Å². The molecule has 0 aliphatic heterocycles. The molecule has 0 radical (unpaired) electrons. The number of aryl methyl sites for hydroxylation is 1. The molecule has 2 amide bonds. The van der Waals surface area contributed by atoms with Crippen LogP contribution in [-0.2, 0) is 24.1 Å². The zero-order chi connectivity index (χ0) is 20.6. The number of para-hydroxylation sites is 1. The Kier molecular flexibility index (Phi) is 5.17. The molecule has 1 aromatic carbocycles. The Balaban J connectivity index is 1.35. The van der Waals surface area contributed by atoms with Crippen LogP contribution >= 0.6 is 11.3 Å². The van der Waals surface area contributed by atoms with Gasteiger partial charge >= 0.3 is 0 Å². The van der Waals surface area contributed by atoms with Gasteiger partial charge < -0.3 is 4.52 Å². The van der Waals surface area contributed by atoms with E-state index in [1.807, 2.05) is 24.3 Å². The lowest BCUT2D eigenvalue weighted by Gasteiger charge is -2.33. The molecule has 1 aliphatic carbocycles. The van der Waals surface area contributed by atoms with Gasteiger partial charge in [-0.2, -0.15) is 0 Å². The third-order valence-electron chi connectivity index (χ3n) is 5.63. The summed E-state index contributed by atoms with van der Waals surface area (Å²) in [7, 11) is 0. The minimum atomic E-state index is -0.341.